The number of carbonyl (C=O) groups excluding carboxylic acids is 1. The number of hydrogen-bond donors (Lipinski definition) is 1. The molecule has 0 aliphatic rings. The predicted octanol–water partition coefficient (Wildman–Crippen LogP) is 5.95. The van der Waals surface area contributed by atoms with Gasteiger partial charge in [-0.05, 0) is 25.1 Å². The van der Waals surface area contributed by atoms with Crippen LogP contribution in [0.5, 0.6) is 0 Å². The lowest BCUT2D eigenvalue weighted by Crippen LogP contribution is -2.15. The first-order chi connectivity index (χ1) is 13.5. The number of amides is 1. The molecule has 1 amide bonds. The average molecular weight is 412 g/mol. The van der Waals surface area contributed by atoms with Crippen molar-refractivity contribution in [3.8, 4) is 11.3 Å². The minimum absolute atomic E-state index is 0.0327. The van der Waals surface area contributed by atoms with Crippen LogP contribution in [0.15, 0.2) is 66.2 Å². The molecule has 0 saturated heterocycles. The molecule has 28 heavy (non-hydrogen) atoms. The van der Waals surface area contributed by atoms with E-state index in [2.05, 4.69) is 47.7 Å². The highest BCUT2D eigenvalue weighted by molar-refractivity contribution is 7.14. The van der Waals surface area contributed by atoms with E-state index >= 15 is 0 Å². The summed E-state index contributed by atoms with van der Waals surface area (Å²) in [5.41, 5.74) is 3.88. The van der Waals surface area contributed by atoms with Crippen LogP contribution in [0.2, 0.25) is 5.02 Å². The van der Waals surface area contributed by atoms with Gasteiger partial charge in [0.15, 0.2) is 4.80 Å². The molecule has 2 aromatic carbocycles. The standard InChI is InChI=1S/C22H22ClN3OS/c1-4-13-26-20(16-11-9-15(3)10-12-16)21(25-19(27)5-2)28-22(26)24-18-8-6-7-17(23)14-18/h4,6-12,14H,1,5,13H2,2-3H3,(H,25,27). The highest BCUT2D eigenvalue weighted by atomic mass is 35.5. The fourth-order valence-corrected chi connectivity index (χ4v) is 4.03. The van der Waals surface area contributed by atoms with Crippen LogP contribution in [0.25, 0.3) is 11.3 Å². The van der Waals surface area contributed by atoms with E-state index in [1.54, 1.807) is 0 Å². The Labute approximate surface area is 173 Å². The topological polar surface area (TPSA) is 46.4 Å². The Morgan fingerprint density at radius 3 is 2.68 bits per heavy atom. The number of carbonyl (C=O) groups is 1. The van der Waals surface area contributed by atoms with E-state index in [1.165, 1.54) is 16.9 Å². The third-order valence-electron chi connectivity index (χ3n) is 4.15. The molecule has 4 nitrogen and oxygen atoms in total. The second-order valence-electron chi connectivity index (χ2n) is 6.32. The second-order valence-corrected chi connectivity index (χ2v) is 7.74. The predicted molar refractivity (Wildman–Crippen MR) is 118 cm³/mol. The molecule has 3 rings (SSSR count). The molecule has 0 bridgehead atoms. The molecule has 0 unspecified atom stereocenters. The van der Waals surface area contributed by atoms with Crippen molar-refractivity contribution in [3.63, 3.8) is 0 Å². The number of rotatable bonds is 6. The van der Waals surface area contributed by atoms with Gasteiger partial charge in [-0.2, -0.15) is 0 Å². The van der Waals surface area contributed by atoms with Crippen molar-refractivity contribution in [1.29, 1.82) is 0 Å². The first-order valence-corrected chi connectivity index (χ1v) is 10.2. The third kappa shape index (κ3) is 4.61. The molecule has 0 aliphatic carbocycles. The van der Waals surface area contributed by atoms with E-state index in [0.29, 0.717) is 18.0 Å². The van der Waals surface area contributed by atoms with Crippen molar-refractivity contribution in [2.45, 2.75) is 26.8 Å². The van der Waals surface area contributed by atoms with Gasteiger partial charge >= 0.3 is 0 Å². The number of hydrogen-bond acceptors (Lipinski definition) is 3. The molecule has 144 valence electrons. The Morgan fingerprint density at radius 1 is 1.29 bits per heavy atom. The van der Waals surface area contributed by atoms with Crippen LogP contribution in [-0.4, -0.2) is 10.5 Å². The number of benzene rings is 2. The number of aromatic nitrogens is 1. The molecule has 0 aliphatic heterocycles. The van der Waals surface area contributed by atoms with Gasteiger partial charge in [0, 0.05) is 23.6 Å². The minimum atomic E-state index is -0.0327. The number of thiazole rings is 1. The lowest BCUT2D eigenvalue weighted by Gasteiger charge is -2.10. The Kier molecular flexibility index (Phi) is 6.49. The Balaban J connectivity index is 2.25. The van der Waals surface area contributed by atoms with Crippen molar-refractivity contribution < 1.29 is 4.79 Å². The van der Waals surface area contributed by atoms with Crippen LogP contribution in [0.4, 0.5) is 10.7 Å². The van der Waals surface area contributed by atoms with Gasteiger partial charge in [-0.25, -0.2) is 4.99 Å². The molecule has 1 aromatic heterocycles. The third-order valence-corrected chi connectivity index (χ3v) is 5.38. The van der Waals surface area contributed by atoms with Gasteiger partial charge in [0.05, 0.1) is 11.4 Å². The van der Waals surface area contributed by atoms with Gasteiger partial charge < -0.3 is 9.88 Å². The summed E-state index contributed by atoms with van der Waals surface area (Å²) < 4.78 is 2.06. The first-order valence-electron chi connectivity index (χ1n) is 9.03. The molecule has 6 heteroatoms. The van der Waals surface area contributed by atoms with E-state index in [0.717, 1.165) is 26.7 Å². The van der Waals surface area contributed by atoms with Crippen molar-refractivity contribution in [1.82, 2.24) is 4.57 Å². The van der Waals surface area contributed by atoms with Gasteiger partial charge in [0.2, 0.25) is 5.91 Å². The van der Waals surface area contributed by atoms with E-state index in [-0.39, 0.29) is 5.91 Å². The zero-order valence-corrected chi connectivity index (χ0v) is 17.5. The lowest BCUT2D eigenvalue weighted by atomic mass is 10.1. The van der Waals surface area contributed by atoms with Gasteiger partial charge in [-0.1, -0.05) is 71.8 Å². The molecule has 1 heterocycles. The second kappa shape index (κ2) is 9.04. The molecule has 0 saturated carbocycles. The van der Waals surface area contributed by atoms with Crippen LogP contribution in [-0.2, 0) is 11.3 Å². The Hall–Kier alpha value is -2.63. The molecule has 0 spiro atoms. The number of halogens is 1. The first kappa shape index (κ1) is 20.1. The van der Waals surface area contributed by atoms with Crippen LogP contribution >= 0.6 is 22.9 Å². The zero-order chi connectivity index (χ0) is 20.1. The number of nitrogens with zero attached hydrogens (tertiary/aromatic N) is 2. The van der Waals surface area contributed by atoms with Crippen LogP contribution in [0.1, 0.15) is 18.9 Å². The fraction of sp³-hybridized carbons (Fsp3) is 0.182. The summed E-state index contributed by atoms with van der Waals surface area (Å²) in [6, 6.07) is 15.6. The van der Waals surface area contributed by atoms with Gasteiger partial charge in [-0.15, -0.1) is 6.58 Å². The largest absolute Gasteiger partial charge is 0.316 e. The maximum atomic E-state index is 12.1. The van der Waals surface area contributed by atoms with Crippen LogP contribution < -0.4 is 10.1 Å². The molecule has 3 aromatic rings. The smallest absolute Gasteiger partial charge is 0.224 e. The molecule has 1 N–H and O–H groups in total. The Morgan fingerprint density at radius 2 is 2.04 bits per heavy atom. The molecular formula is C22H22ClN3OS. The summed E-state index contributed by atoms with van der Waals surface area (Å²) in [6.07, 6.45) is 2.24. The average Bonchev–Trinajstić information content (AvgIpc) is 2.99. The number of aryl methyl sites for hydroxylation is 1. The van der Waals surface area contributed by atoms with Crippen molar-refractivity contribution in [2.24, 2.45) is 4.99 Å². The van der Waals surface area contributed by atoms with Gasteiger partial charge in [-0.3, -0.25) is 4.79 Å². The number of nitrogens with one attached hydrogen (secondary N) is 1. The molecular weight excluding hydrogens is 390 g/mol. The maximum absolute atomic E-state index is 12.1. The van der Waals surface area contributed by atoms with E-state index in [4.69, 9.17) is 16.6 Å². The maximum Gasteiger partial charge on any atom is 0.224 e. The monoisotopic (exact) mass is 411 g/mol. The summed E-state index contributed by atoms with van der Waals surface area (Å²) in [4.78, 5) is 17.7. The van der Waals surface area contributed by atoms with E-state index in [1.807, 2.05) is 37.3 Å². The normalized spacial score (nSPS) is 11.5. The van der Waals surface area contributed by atoms with Gasteiger partial charge in [0.1, 0.15) is 5.00 Å². The summed E-state index contributed by atoms with van der Waals surface area (Å²) in [5.74, 6) is -0.0327. The summed E-state index contributed by atoms with van der Waals surface area (Å²) in [6.45, 7) is 8.35. The van der Waals surface area contributed by atoms with Crippen molar-refractivity contribution >= 4 is 39.5 Å². The minimum Gasteiger partial charge on any atom is -0.316 e. The number of anilines is 1. The summed E-state index contributed by atoms with van der Waals surface area (Å²) >= 11 is 7.55. The van der Waals surface area contributed by atoms with E-state index < -0.39 is 0 Å². The van der Waals surface area contributed by atoms with Crippen molar-refractivity contribution in [3.05, 3.63) is 76.6 Å². The summed E-state index contributed by atoms with van der Waals surface area (Å²) in [5, 5.41) is 4.44. The molecule has 0 radical (unpaired) electrons. The van der Waals surface area contributed by atoms with Crippen LogP contribution in [0.3, 0.4) is 0 Å². The van der Waals surface area contributed by atoms with Crippen LogP contribution in [0, 0.1) is 6.92 Å². The van der Waals surface area contributed by atoms with Gasteiger partial charge in [0.25, 0.3) is 0 Å². The highest BCUT2D eigenvalue weighted by Crippen LogP contribution is 2.32. The Bertz CT molecular complexity index is 1060. The zero-order valence-electron chi connectivity index (χ0n) is 15.9. The lowest BCUT2D eigenvalue weighted by molar-refractivity contribution is -0.115. The fourth-order valence-electron chi connectivity index (χ4n) is 2.75. The van der Waals surface area contributed by atoms with E-state index in [9.17, 15) is 4.79 Å². The highest BCUT2D eigenvalue weighted by Gasteiger charge is 2.17. The van der Waals surface area contributed by atoms with Crippen molar-refractivity contribution in [2.75, 3.05) is 5.32 Å². The quantitative estimate of drug-likeness (QED) is 0.501. The molecule has 0 fully saturated rings. The number of allylic oxidation sites excluding steroid dienone is 1. The summed E-state index contributed by atoms with van der Waals surface area (Å²) in [7, 11) is 0. The molecule has 0 atom stereocenters. The SMILES string of the molecule is C=CCn1c(-c2ccc(C)cc2)c(NC(=O)CC)sc1=Nc1cccc(Cl)c1.